The lowest BCUT2D eigenvalue weighted by molar-refractivity contribution is -0.143. The van der Waals surface area contributed by atoms with Crippen LogP contribution in [0.15, 0.2) is 58.3 Å². The van der Waals surface area contributed by atoms with Crippen molar-refractivity contribution in [3.8, 4) is 0 Å². The van der Waals surface area contributed by atoms with Gasteiger partial charge in [0.15, 0.2) is 0 Å². The molecule has 2 heterocycles. The number of benzene rings is 2. The molecule has 2 unspecified atom stereocenters. The number of carbonyl (C=O) groups is 1. The molecule has 4 nitrogen and oxygen atoms in total. The van der Waals surface area contributed by atoms with Gasteiger partial charge in [-0.05, 0) is 42.6 Å². The maximum atomic E-state index is 11.3. The number of carboxylic acids is 1. The molecule has 1 fully saturated rings. The number of likely N-dealkylation sites (tertiary alicyclic amines) is 1. The number of piperidine rings is 1. The van der Waals surface area contributed by atoms with Crippen molar-refractivity contribution in [3.63, 3.8) is 0 Å². The summed E-state index contributed by atoms with van der Waals surface area (Å²) in [5, 5.41) is 9.26. The van der Waals surface area contributed by atoms with E-state index in [2.05, 4.69) is 53.4 Å². The van der Waals surface area contributed by atoms with Gasteiger partial charge in [0.1, 0.15) is 0 Å². The predicted molar refractivity (Wildman–Crippen MR) is 106 cm³/mol. The number of hydrogen-bond acceptors (Lipinski definition) is 4. The first-order chi connectivity index (χ1) is 13.2. The highest BCUT2D eigenvalue weighted by Crippen LogP contribution is 2.41. The summed E-state index contributed by atoms with van der Waals surface area (Å²) >= 11 is 1.82. The smallest absolute Gasteiger partial charge is 0.307 e. The molecule has 142 valence electrons. The van der Waals surface area contributed by atoms with Gasteiger partial charge in [0.05, 0.1) is 18.6 Å². The molecular formula is C22H25NO3S. The third kappa shape index (κ3) is 4.37. The van der Waals surface area contributed by atoms with Gasteiger partial charge in [0, 0.05) is 29.3 Å². The van der Waals surface area contributed by atoms with E-state index in [-0.39, 0.29) is 12.0 Å². The Morgan fingerprint density at radius 3 is 2.78 bits per heavy atom. The van der Waals surface area contributed by atoms with Crippen molar-refractivity contribution in [1.29, 1.82) is 0 Å². The summed E-state index contributed by atoms with van der Waals surface area (Å²) in [6.07, 6.45) is 2.65. The third-order valence-electron chi connectivity index (χ3n) is 5.45. The van der Waals surface area contributed by atoms with Gasteiger partial charge < -0.3 is 14.7 Å². The summed E-state index contributed by atoms with van der Waals surface area (Å²) in [6, 6.07) is 17.0. The summed E-state index contributed by atoms with van der Waals surface area (Å²) in [5.41, 5.74) is 2.58. The largest absolute Gasteiger partial charge is 0.481 e. The topological polar surface area (TPSA) is 49.8 Å². The maximum absolute atomic E-state index is 11.3. The Kier molecular flexibility index (Phi) is 5.81. The van der Waals surface area contributed by atoms with Crippen molar-refractivity contribution in [2.24, 2.45) is 5.92 Å². The van der Waals surface area contributed by atoms with Crippen molar-refractivity contribution in [2.75, 3.05) is 26.2 Å². The van der Waals surface area contributed by atoms with Gasteiger partial charge in [-0.15, -0.1) is 0 Å². The number of fused-ring (bicyclic) bond motifs is 2. The highest BCUT2D eigenvalue weighted by atomic mass is 32.2. The molecule has 0 amide bonds. The normalized spacial score (nSPS) is 22.5. The zero-order valence-electron chi connectivity index (χ0n) is 15.3. The van der Waals surface area contributed by atoms with Crippen molar-refractivity contribution < 1.29 is 14.6 Å². The van der Waals surface area contributed by atoms with Crippen LogP contribution in [-0.4, -0.2) is 42.2 Å². The fraction of sp³-hybridized carbons (Fsp3) is 0.409. The van der Waals surface area contributed by atoms with Crippen molar-refractivity contribution >= 4 is 17.7 Å². The minimum atomic E-state index is -0.674. The lowest BCUT2D eigenvalue weighted by Gasteiger charge is -2.31. The number of carboxylic acid groups (broad SMARTS) is 1. The molecule has 0 saturated carbocycles. The molecule has 1 saturated heterocycles. The lowest BCUT2D eigenvalue weighted by Crippen LogP contribution is -2.40. The molecular weight excluding hydrogens is 358 g/mol. The van der Waals surface area contributed by atoms with Crippen molar-refractivity contribution in [1.82, 2.24) is 4.90 Å². The Balaban J connectivity index is 1.43. The Morgan fingerprint density at radius 1 is 1.15 bits per heavy atom. The number of hydrogen-bond donors (Lipinski definition) is 1. The van der Waals surface area contributed by atoms with E-state index in [0.717, 1.165) is 32.4 Å². The van der Waals surface area contributed by atoms with Gasteiger partial charge in [-0.3, -0.25) is 4.79 Å². The predicted octanol–water partition coefficient (Wildman–Crippen LogP) is 4.25. The molecule has 4 rings (SSSR count). The van der Waals surface area contributed by atoms with E-state index in [1.165, 1.54) is 20.9 Å². The lowest BCUT2D eigenvalue weighted by atomic mass is 9.98. The molecule has 1 N–H and O–H groups in total. The first-order valence-corrected chi connectivity index (χ1v) is 10.4. The molecule has 0 bridgehead atoms. The quantitative estimate of drug-likeness (QED) is 0.837. The molecule has 0 spiro atoms. The monoisotopic (exact) mass is 383 g/mol. The first kappa shape index (κ1) is 18.5. The molecule has 0 radical (unpaired) electrons. The minimum Gasteiger partial charge on any atom is -0.481 e. The van der Waals surface area contributed by atoms with E-state index >= 15 is 0 Å². The van der Waals surface area contributed by atoms with Gasteiger partial charge >= 0.3 is 5.97 Å². The van der Waals surface area contributed by atoms with Crippen LogP contribution in [0, 0.1) is 5.92 Å². The highest BCUT2D eigenvalue weighted by Gasteiger charge is 2.26. The molecule has 2 aromatic rings. The zero-order chi connectivity index (χ0) is 18.6. The standard InChI is InChI=1S/C22H25NO3S/c24-22(25)17-7-5-11-23(15-17)12-13-26-19-14-16-6-1-3-9-20(16)27-21-10-4-2-8-18(19)21/h1-4,6,8-10,17,19H,5,7,11-15H2,(H,24,25). The van der Waals surface area contributed by atoms with Crippen LogP contribution in [0.4, 0.5) is 0 Å². The summed E-state index contributed by atoms with van der Waals surface area (Å²) in [6.45, 7) is 3.02. The second-order valence-corrected chi connectivity index (χ2v) is 8.37. The second kappa shape index (κ2) is 8.46. The maximum Gasteiger partial charge on any atom is 0.307 e. The van der Waals surface area contributed by atoms with Crippen LogP contribution in [0.3, 0.4) is 0 Å². The molecule has 27 heavy (non-hydrogen) atoms. The zero-order valence-corrected chi connectivity index (χ0v) is 16.2. The third-order valence-corrected chi connectivity index (χ3v) is 6.65. The second-order valence-electron chi connectivity index (χ2n) is 7.29. The van der Waals surface area contributed by atoms with Crippen LogP contribution >= 0.6 is 11.8 Å². The van der Waals surface area contributed by atoms with E-state index in [1.54, 1.807) is 0 Å². The van der Waals surface area contributed by atoms with Gasteiger partial charge in [-0.25, -0.2) is 0 Å². The Bertz CT molecular complexity index is 810. The van der Waals surface area contributed by atoms with Gasteiger partial charge in [0.25, 0.3) is 0 Å². The Hall–Kier alpha value is -1.82. The van der Waals surface area contributed by atoms with Crippen LogP contribution in [0.5, 0.6) is 0 Å². The van der Waals surface area contributed by atoms with Crippen LogP contribution in [0.25, 0.3) is 0 Å². The molecule has 2 atom stereocenters. The van der Waals surface area contributed by atoms with E-state index in [9.17, 15) is 9.90 Å². The fourth-order valence-corrected chi connectivity index (χ4v) is 5.10. The highest BCUT2D eigenvalue weighted by molar-refractivity contribution is 7.99. The minimum absolute atomic E-state index is 0.0393. The number of nitrogens with zero attached hydrogens (tertiary/aromatic N) is 1. The van der Waals surface area contributed by atoms with E-state index in [1.807, 2.05) is 11.8 Å². The van der Waals surface area contributed by atoms with Crippen LogP contribution in [0.2, 0.25) is 0 Å². The summed E-state index contributed by atoms with van der Waals surface area (Å²) < 4.78 is 6.34. The Morgan fingerprint density at radius 2 is 1.93 bits per heavy atom. The molecule has 2 aliphatic rings. The summed E-state index contributed by atoms with van der Waals surface area (Å²) in [5.74, 6) is -0.910. The van der Waals surface area contributed by atoms with Crippen LogP contribution in [0.1, 0.15) is 30.1 Å². The molecule has 2 aromatic carbocycles. The van der Waals surface area contributed by atoms with Gasteiger partial charge in [-0.1, -0.05) is 48.2 Å². The van der Waals surface area contributed by atoms with E-state index < -0.39 is 5.97 Å². The SMILES string of the molecule is O=C(O)C1CCCN(CCOC2Cc3ccccc3Sc3ccccc32)C1. The molecule has 0 aromatic heterocycles. The average Bonchev–Trinajstić information content (AvgIpc) is 2.85. The van der Waals surface area contributed by atoms with Crippen LogP contribution in [-0.2, 0) is 16.0 Å². The number of ether oxygens (including phenoxy) is 1. The van der Waals surface area contributed by atoms with Crippen molar-refractivity contribution in [3.05, 3.63) is 59.7 Å². The number of aliphatic carboxylic acids is 1. The van der Waals surface area contributed by atoms with Crippen molar-refractivity contribution in [2.45, 2.75) is 35.2 Å². The van der Waals surface area contributed by atoms with Gasteiger partial charge in [-0.2, -0.15) is 0 Å². The summed E-state index contributed by atoms with van der Waals surface area (Å²) in [7, 11) is 0. The molecule has 2 aliphatic heterocycles. The molecule has 0 aliphatic carbocycles. The molecule has 5 heteroatoms. The van der Waals surface area contributed by atoms with E-state index in [4.69, 9.17) is 4.74 Å². The first-order valence-electron chi connectivity index (χ1n) is 9.62. The van der Waals surface area contributed by atoms with Gasteiger partial charge in [0.2, 0.25) is 0 Å². The number of rotatable bonds is 5. The Labute approximate surface area is 164 Å². The summed E-state index contributed by atoms with van der Waals surface area (Å²) in [4.78, 5) is 16.0. The van der Waals surface area contributed by atoms with Crippen LogP contribution < -0.4 is 0 Å². The van der Waals surface area contributed by atoms with E-state index in [0.29, 0.717) is 13.2 Å². The average molecular weight is 384 g/mol. The fourth-order valence-electron chi connectivity index (χ4n) is 3.97.